The molecule has 2 rings (SSSR count). The highest BCUT2D eigenvalue weighted by Gasteiger charge is 2.07. The summed E-state index contributed by atoms with van der Waals surface area (Å²) in [5, 5.41) is 20.2. The molecule has 0 saturated heterocycles. The Morgan fingerprint density at radius 1 is 1.16 bits per heavy atom. The minimum absolute atomic E-state index is 0.0801. The molecule has 8 nitrogen and oxygen atoms in total. The summed E-state index contributed by atoms with van der Waals surface area (Å²) in [6.07, 6.45) is 2.56. The molecule has 2 heterocycles. The number of aromatic nitrogens is 2. The van der Waals surface area contributed by atoms with Crippen LogP contribution in [0.1, 0.15) is 18.1 Å². The van der Waals surface area contributed by atoms with Crippen molar-refractivity contribution in [2.45, 2.75) is 13.0 Å². The molecule has 2 aromatic rings. The predicted molar refractivity (Wildman–Crippen MR) is 91.6 cm³/mol. The van der Waals surface area contributed by atoms with Gasteiger partial charge in [0.15, 0.2) is 0 Å². The van der Waals surface area contributed by atoms with Crippen molar-refractivity contribution in [2.24, 2.45) is 0 Å². The van der Waals surface area contributed by atoms with Crippen LogP contribution in [-0.4, -0.2) is 29.7 Å². The number of methoxy groups -OCH3 is 1. The van der Waals surface area contributed by atoms with Crippen molar-refractivity contribution in [3.63, 3.8) is 0 Å². The first kappa shape index (κ1) is 19.6. The largest absolute Gasteiger partial charge is 0.384 e. The average Bonchev–Trinajstić information content (AvgIpc) is 2.56. The molecule has 130 valence electrons. The zero-order valence-corrected chi connectivity index (χ0v) is 13.8. The Balaban J connectivity index is 0.000000271. The Labute approximate surface area is 144 Å². The van der Waals surface area contributed by atoms with Crippen LogP contribution in [0.5, 0.6) is 0 Å². The molecule has 0 unspecified atom stereocenters. The number of nitrogens with one attached hydrogen (secondary N) is 1. The molecule has 2 aromatic heterocycles. The summed E-state index contributed by atoms with van der Waals surface area (Å²) in [5.41, 5.74) is 11.7. The molecule has 0 spiro atoms. The molecule has 0 radical (unpaired) electrons. The molecule has 0 aliphatic rings. The van der Waals surface area contributed by atoms with Gasteiger partial charge >= 0.3 is 0 Å². The lowest BCUT2D eigenvalue weighted by Gasteiger charge is -2.15. The highest BCUT2D eigenvalue weighted by atomic mass is 19.1. The lowest BCUT2D eigenvalue weighted by Crippen LogP contribution is -2.21. The molecule has 25 heavy (non-hydrogen) atoms. The van der Waals surface area contributed by atoms with E-state index in [0.29, 0.717) is 23.7 Å². The zero-order valence-electron chi connectivity index (χ0n) is 13.8. The van der Waals surface area contributed by atoms with Gasteiger partial charge in [0.05, 0.1) is 24.1 Å². The van der Waals surface area contributed by atoms with E-state index < -0.39 is 5.82 Å². The summed E-state index contributed by atoms with van der Waals surface area (Å²) in [5.74, 6) is -0.160. The molecular formula is C16H18FN7O. The van der Waals surface area contributed by atoms with E-state index in [1.54, 1.807) is 19.2 Å². The third kappa shape index (κ3) is 6.29. The smallest absolute Gasteiger partial charge is 0.146 e. The second-order valence-corrected chi connectivity index (χ2v) is 4.97. The van der Waals surface area contributed by atoms with Crippen LogP contribution >= 0.6 is 0 Å². The standard InChI is InChI=1S/C10H14N4O.C6H4FN3/c1-7(6-15-2)14-9-3-10(12)13-5-8(9)4-11;7-5-1-6(9)10-3-4(5)2-8/h3,5,7H,6H2,1-2H3,(H3,12,13,14);1,3H,(H2,9,10)/t7-;/m1./s1. The van der Waals surface area contributed by atoms with Gasteiger partial charge in [-0.2, -0.15) is 10.5 Å². The molecule has 0 bridgehead atoms. The Hall–Kier alpha value is -3.43. The number of ether oxygens (including phenoxy) is 1. The number of hydrogen-bond donors (Lipinski definition) is 3. The van der Waals surface area contributed by atoms with Gasteiger partial charge in [-0.15, -0.1) is 0 Å². The number of nitrogens with two attached hydrogens (primary N) is 2. The van der Waals surface area contributed by atoms with Gasteiger partial charge in [0, 0.05) is 31.5 Å². The van der Waals surface area contributed by atoms with E-state index in [9.17, 15) is 4.39 Å². The second kappa shape index (κ2) is 9.65. The van der Waals surface area contributed by atoms with Crippen LogP contribution in [-0.2, 0) is 4.74 Å². The third-order valence-electron chi connectivity index (χ3n) is 2.86. The maximum Gasteiger partial charge on any atom is 0.146 e. The van der Waals surface area contributed by atoms with Crippen molar-refractivity contribution >= 4 is 17.3 Å². The number of nitrogen functional groups attached to an aromatic ring is 2. The second-order valence-electron chi connectivity index (χ2n) is 4.97. The minimum atomic E-state index is -0.630. The Bertz CT molecular complexity index is 798. The van der Waals surface area contributed by atoms with Crippen molar-refractivity contribution in [3.8, 4) is 12.1 Å². The summed E-state index contributed by atoms with van der Waals surface area (Å²) < 4.78 is 17.5. The number of hydrogen-bond acceptors (Lipinski definition) is 8. The van der Waals surface area contributed by atoms with Crippen LogP contribution < -0.4 is 16.8 Å². The van der Waals surface area contributed by atoms with E-state index in [2.05, 4.69) is 15.3 Å². The molecule has 0 aliphatic carbocycles. The normalized spacial score (nSPS) is 10.6. The van der Waals surface area contributed by atoms with Gasteiger partial charge in [-0.1, -0.05) is 0 Å². The Morgan fingerprint density at radius 2 is 1.72 bits per heavy atom. The van der Waals surface area contributed by atoms with Crippen LogP contribution in [0.4, 0.5) is 21.7 Å². The molecule has 5 N–H and O–H groups in total. The van der Waals surface area contributed by atoms with Gasteiger partial charge in [0.25, 0.3) is 0 Å². The fourth-order valence-electron chi connectivity index (χ4n) is 1.77. The van der Waals surface area contributed by atoms with Crippen LogP contribution in [0.25, 0.3) is 0 Å². The molecule has 0 fully saturated rings. The highest BCUT2D eigenvalue weighted by molar-refractivity contribution is 5.61. The van der Waals surface area contributed by atoms with Gasteiger partial charge in [-0.05, 0) is 6.92 Å². The summed E-state index contributed by atoms with van der Waals surface area (Å²) in [6, 6.07) is 6.45. The Kier molecular flexibility index (Phi) is 7.57. The highest BCUT2D eigenvalue weighted by Crippen LogP contribution is 2.16. The minimum Gasteiger partial charge on any atom is -0.384 e. The van der Waals surface area contributed by atoms with Gasteiger partial charge in [0.1, 0.15) is 35.2 Å². The first-order valence-electron chi connectivity index (χ1n) is 7.13. The predicted octanol–water partition coefficient (Wildman–Crippen LogP) is 1.66. The van der Waals surface area contributed by atoms with E-state index in [1.807, 2.05) is 13.0 Å². The lowest BCUT2D eigenvalue weighted by atomic mass is 10.2. The molecule has 0 aliphatic heterocycles. The van der Waals surface area contributed by atoms with Crippen LogP contribution in [0.2, 0.25) is 0 Å². The van der Waals surface area contributed by atoms with E-state index in [4.69, 9.17) is 26.7 Å². The molecular weight excluding hydrogens is 325 g/mol. The van der Waals surface area contributed by atoms with Gasteiger partial charge in [-0.25, -0.2) is 14.4 Å². The van der Waals surface area contributed by atoms with Crippen molar-refractivity contribution < 1.29 is 9.13 Å². The maximum atomic E-state index is 12.5. The summed E-state index contributed by atoms with van der Waals surface area (Å²) in [6.45, 7) is 2.52. The topological polar surface area (TPSA) is 147 Å². The van der Waals surface area contributed by atoms with Gasteiger partial charge in [-0.3, -0.25) is 0 Å². The third-order valence-corrected chi connectivity index (χ3v) is 2.86. The van der Waals surface area contributed by atoms with E-state index in [-0.39, 0.29) is 17.4 Å². The number of rotatable bonds is 4. The summed E-state index contributed by atoms with van der Waals surface area (Å²) in [7, 11) is 1.63. The first-order chi connectivity index (χ1) is 11.9. The number of anilines is 3. The molecule has 9 heteroatoms. The van der Waals surface area contributed by atoms with Gasteiger partial charge < -0.3 is 21.5 Å². The first-order valence-corrected chi connectivity index (χ1v) is 7.13. The van der Waals surface area contributed by atoms with E-state index in [0.717, 1.165) is 12.3 Å². The van der Waals surface area contributed by atoms with Gasteiger partial charge in [0.2, 0.25) is 0 Å². The average molecular weight is 343 g/mol. The number of pyridine rings is 2. The zero-order chi connectivity index (χ0) is 18.8. The number of nitriles is 2. The van der Waals surface area contributed by atoms with Crippen LogP contribution in [0, 0.1) is 28.5 Å². The molecule has 0 aromatic carbocycles. The monoisotopic (exact) mass is 343 g/mol. The molecule has 0 amide bonds. The number of nitrogens with zero attached hydrogens (tertiary/aromatic N) is 4. The Morgan fingerprint density at radius 3 is 2.24 bits per heavy atom. The van der Waals surface area contributed by atoms with Crippen molar-refractivity contribution in [1.29, 1.82) is 10.5 Å². The molecule has 0 saturated carbocycles. The van der Waals surface area contributed by atoms with Crippen molar-refractivity contribution in [2.75, 3.05) is 30.5 Å². The lowest BCUT2D eigenvalue weighted by molar-refractivity contribution is 0.190. The quantitative estimate of drug-likeness (QED) is 0.759. The summed E-state index contributed by atoms with van der Waals surface area (Å²) >= 11 is 0. The van der Waals surface area contributed by atoms with Crippen LogP contribution in [0.3, 0.4) is 0 Å². The van der Waals surface area contributed by atoms with Crippen LogP contribution in [0.15, 0.2) is 24.5 Å². The van der Waals surface area contributed by atoms with E-state index >= 15 is 0 Å². The summed E-state index contributed by atoms with van der Waals surface area (Å²) in [4.78, 5) is 7.37. The maximum absolute atomic E-state index is 12.5. The fourth-order valence-corrected chi connectivity index (χ4v) is 1.77. The fraction of sp³-hybridized carbons (Fsp3) is 0.250. The number of halogens is 1. The molecule has 1 atom stereocenters. The van der Waals surface area contributed by atoms with Crippen molar-refractivity contribution in [1.82, 2.24) is 9.97 Å². The van der Waals surface area contributed by atoms with E-state index in [1.165, 1.54) is 6.20 Å². The van der Waals surface area contributed by atoms with Crippen molar-refractivity contribution in [3.05, 3.63) is 41.5 Å². The SMILES string of the molecule is COC[C@@H](C)Nc1cc(N)ncc1C#N.N#Cc1cnc(N)cc1F.